The lowest BCUT2D eigenvalue weighted by Gasteiger charge is -2.21. The zero-order chi connectivity index (χ0) is 12.9. The Hall–Kier alpha value is -0.730. The van der Waals surface area contributed by atoms with E-state index in [1.165, 1.54) is 0 Å². The van der Waals surface area contributed by atoms with E-state index in [1.54, 1.807) is 6.07 Å². The molecule has 0 fully saturated rings. The Morgan fingerprint density at radius 3 is 2.59 bits per heavy atom. The fourth-order valence-electron chi connectivity index (χ4n) is 1.26. The van der Waals surface area contributed by atoms with Gasteiger partial charge in [-0.1, -0.05) is 43.6 Å². The molecular weight excluding hydrogens is 257 g/mol. The van der Waals surface area contributed by atoms with Crippen molar-refractivity contribution in [3.8, 4) is 0 Å². The minimum absolute atomic E-state index is 0.0312. The molecule has 0 radical (unpaired) electrons. The van der Waals surface area contributed by atoms with E-state index in [0.717, 1.165) is 5.56 Å². The predicted octanol–water partition coefficient (Wildman–Crippen LogP) is 3.26. The second kappa shape index (κ2) is 6.27. The van der Waals surface area contributed by atoms with Gasteiger partial charge in [0.15, 0.2) is 0 Å². The van der Waals surface area contributed by atoms with Gasteiger partial charge in [0.1, 0.15) is 0 Å². The molecule has 2 nitrogen and oxygen atoms in total. The molecule has 4 heteroatoms. The summed E-state index contributed by atoms with van der Waals surface area (Å²) in [6.45, 7) is 4.59. The fraction of sp³-hybridized carbons (Fsp3) is 0.462. The quantitative estimate of drug-likeness (QED) is 0.820. The number of carbonyl (C=O) groups is 1. The molecule has 0 aromatic heterocycles. The average Bonchev–Trinajstić information content (AvgIpc) is 2.30. The van der Waals surface area contributed by atoms with Crippen LogP contribution in [0.15, 0.2) is 24.3 Å². The molecule has 1 rings (SSSR count). The van der Waals surface area contributed by atoms with Gasteiger partial charge in [0.25, 0.3) is 0 Å². The molecule has 0 unspecified atom stereocenters. The molecule has 0 aliphatic rings. The monoisotopic (exact) mass is 273 g/mol. The van der Waals surface area contributed by atoms with E-state index in [-0.39, 0.29) is 11.3 Å². The molecule has 1 N–H and O–H groups in total. The fourth-order valence-corrected chi connectivity index (χ4v) is 1.56. The first-order chi connectivity index (χ1) is 7.94. The van der Waals surface area contributed by atoms with E-state index < -0.39 is 0 Å². The molecule has 0 spiro atoms. The maximum absolute atomic E-state index is 11.7. The molecular formula is C13H17Cl2NO. The first-order valence-electron chi connectivity index (χ1n) is 5.51. The molecule has 1 amide bonds. The van der Waals surface area contributed by atoms with Crippen molar-refractivity contribution in [1.82, 2.24) is 5.32 Å². The van der Waals surface area contributed by atoms with Gasteiger partial charge in [-0.25, -0.2) is 0 Å². The third kappa shape index (κ3) is 4.97. The van der Waals surface area contributed by atoms with Crippen molar-refractivity contribution in [3.63, 3.8) is 0 Å². The lowest BCUT2D eigenvalue weighted by molar-refractivity contribution is -0.120. The van der Waals surface area contributed by atoms with Gasteiger partial charge >= 0.3 is 0 Å². The minimum Gasteiger partial charge on any atom is -0.355 e. The van der Waals surface area contributed by atoms with Crippen LogP contribution in [0.4, 0.5) is 0 Å². The number of rotatable bonds is 5. The highest BCUT2D eigenvalue weighted by atomic mass is 35.5. The van der Waals surface area contributed by atoms with Crippen molar-refractivity contribution in [2.75, 3.05) is 12.4 Å². The van der Waals surface area contributed by atoms with Crippen molar-refractivity contribution in [2.24, 2.45) is 5.41 Å². The maximum Gasteiger partial charge on any atom is 0.224 e. The molecule has 0 saturated carbocycles. The molecule has 17 heavy (non-hydrogen) atoms. The Balaban J connectivity index is 2.48. The highest BCUT2D eigenvalue weighted by Crippen LogP contribution is 2.17. The molecule has 0 aliphatic heterocycles. The van der Waals surface area contributed by atoms with Crippen LogP contribution in [0, 0.1) is 5.41 Å². The third-order valence-corrected chi connectivity index (χ3v) is 3.53. The van der Waals surface area contributed by atoms with Crippen molar-refractivity contribution >= 4 is 29.1 Å². The number of hydrogen-bond acceptors (Lipinski definition) is 1. The lowest BCUT2D eigenvalue weighted by atomic mass is 9.96. The number of hydrogen-bond donors (Lipinski definition) is 1. The largest absolute Gasteiger partial charge is 0.355 e. The Morgan fingerprint density at radius 2 is 2.00 bits per heavy atom. The average molecular weight is 274 g/mol. The van der Waals surface area contributed by atoms with E-state index in [4.69, 9.17) is 23.2 Å². The number of alkyl halides is 1. The minimum atomic E-state index is -0.0856. The molecule has 0 saturated heterocycles. The second-order valence-electron chi connectivity index (χ2n) is 4.84. The highest BCUT2D eigenvalue weighted by Gasteiger charge is 2.17. The molecule has 1 aromatic rings. The van der Waals surface area contributed by atoms with Gasteiger partial charge in [0.2, 0.25) is 5.91 Å². The van der Waals surface area contributed by atoms with Crippen LogP contribution in [0.1, 0.15) is 19.4 Å². The first-order valence-corrected chi connectivity index (χ1v) is 6.42. The zero-order valence-corrected chi connectivity index (χ0v) is 11.6. The van der Waals surface area contributed by atoms with E-state index in [0.29, 0.717) is 23.9 Å². The maximum atomic E-state index is 11.7. The summed E-state index contributed by atoms with van der Waals surface area (Å²) in [6.07, 6.45) is 0.304. The van der Waals surface area contributed by atoms with Crippen LogP contribution in [-0.2, 0) is 11.2 Å². The molecule has 0 aliphatic carbocycles. The molecule has 0 heterocycles. The van der Waals surface area contributed by atoms with Gasteiger partial charge in [-0.2, -0.15) is 0 Å². The summed E-state index contributed by atoms with van der Waals surface area (Å²) in [6, 6.07) is 7.36. The van der Waals surface area contributed by atoms with Crippen LogP contribution in [0.5, 0.6) is 0 Å². The van der Waals surface area contributed by atoms with Gasteiger partial charge in [-0.05, 0) is 17.0 Å². The van der Waals surface area contributed by atoms with Crippen LogP contribution in [-0.4, -0.2) is 18.3 Å². The normalized spacial score (nSPS) is 11.3. The SMILES string of the molecule is CC(C)(CCl)CNC(=O)Cc1ccccc1Cl. The zero-order valence-electron chi connectivity index (χ0n) is 10.1. The summed E-state index contributed by atoms with van der Waals surface area (Å²) in [5, 5.41) is 3.49. The van der Waals surface area contributed by atoms with Crippen LogP contribution < -0.4 is 5.32 Å². The van der Waals surface area contributed by atoms with Gasteiger partial charge in [-0.3, -0.25) is 4.79 Å². The van der Waals surface area contributed by atoms with E-state index in [9.17, 15) is 4.79 Å². The smallest absolute Gasteiger partial charge is 0.224 e. The third-order valence-electron chi connectivity index (χ3n) is 2.43. The Kier molecular flexibility index (Phi) is 5.29. The van der Waals surface area contributed by atoms with E-state index >= 15 is 0 Å². The predicted molar refractivity (Wildman–Crippen MR) is 72.7 cm³/mol. The Bertz CT molecular complexity index is 391. The molecule has 1 aromatic carbocycles. The lowest BCUT2D eigenvalue weighted by Crippen LogP contribution is -2.35. The number of nitrogens with one attached hydrogen (secondary N) is 1. The topological polar surface area (TPSA) is 29.1 Å². The van der Waals surface area contributed by atoms with Gasteiger partial charge < -0.3 is 5.32 Å². The summed E-state index contributed by atoms with van der Waals surface area (Å²) < 4.78 is 0. The highest BCUT2D eigenvalue weighted by molar-refractivity contribution is 6.31. The van der Waals surface area contributed by atoms with Crippen LogP contribution in [0.3, 0.4) is 0 Å². The van der Waals surface area contributed by atoms with Crippen molar-refractivity contribution in [1.29, 1.82) is 0 Å². The summed E-state index contributed by atoms with van der Waals surface area (Å²) in [4.78, 5) is 11.7. The Morgan fingerprint density at radius 1 is 1.35 bits per heavy atom. The number of halogens is 2. The summed E-state index contributed by atoms with van der Waals surface area (Å²) in [5.41, 5.74) is 0.757. The van der Waals surface area contributed by atoms with E-state index in [2.05, 4.69) is 5.32 Å². The molecule has 94 valence electrons. The van der Waals surface area contributed by atoms with Crippen LogP contribution in [0.25, 0.3) is 0 Å². The van der Waals surface area contributed by atoms with Gasteiger partial charge in [0, 0.05) is 17.4 Å². The molecule has 0 atom stereocenters. The number of benzene rings is 1. The van der Waals surface area contributed by atoms with E-state index in [1.807, 2.05) is 32.0 Å². The van der Waals surface area contributed by atoms with Crippen LogP contribution in [0.2, 0.25) is 5.02 Å². The second-order valence-corrected chi connectivity index (χ2v) is 5.52. The summed E-state index contributed by atoms with van der Waals surface area (Å²) in [5.74, 6) is 0.482. The first kappa shape index (κ1) is 14.3. The van der Waals surface area contributed by atoms with Crippen LogP contribution >= 0.6 is 23.2 Å². The van der Waals surface area contributed by atoms with Gasteiger partial charge in [0.05, 0.1) is 6.42 Å². The summed E-state index contributed by atoms with van der Waals surface area (Å²) >= 11 is 11.8. The van der Waals surface area contributed by atoms with Crippen molar-refractivity contribution < 1.29 is 4.79 Å². The Labute approximate surface area is 112 Å². The number of carbonyl (C=O) groups excluding carboxylic acids is 1. The summed E-state index contributed by atoms with van der Waals surface area (Å²) in [7, 11) is 0. The van der Waals surface area contributed by atoms with Crippen molar-refractivity contribution in [3.05, 3.63) is 34.9 Å². The molecule has 0 bridgehead atoms. The number of amides is 1. The standard InChI is InChI=1S/C13H17Cl2NO/c1-13(2,8-14)9-16-12(17)7-10-5-3-4-6-11(10)15/h3-6H,7-9H2,1-2H3,(H,16,17). The van der Waals surface area contributed by atoms with Gasteiger partial charge in [-0.15, -0.1) is 11.6 Å². The van der Waals surface area contributed by atoms with Crippen molar-refractivity contribution in [2.45, 2.75) is 20.3 Å².